The normalized spacial score (nSPS) is 26.6. The van der Waals surface area contributed by atoms with Crippen molar-refractivity contribution in [2.24, 2.45) is 5.92 Å². The van der Waals surface area contributed by atoms with Crippen LogP contribution in [0.15, 0.2) is 47.8 Å². The van der Waals surface area contributed by atoms with Gasteiger partial charge in [0.1, 0.15) is 5.69 Å². The largest absolute Gasteiger partial charge is 0.433 e. The number of hydrogen-bond acceptors (Lipinski definition) is 2. The fourth-order valence-corrected chi connectivity index (χ4v) is 3.59. The van der Waals surface area contributed by atoms with Crippen LogP contribution in [0.1, 0.15) is 44.9 Å². The summed E-state index contributed by atoms with van der Waals surface area (Å²) in [5.74, 6) is 0.395. The molecule has 1 aliphatic heterocycles. The second-order valence-electron chi connectivity index (χ2n) is 6.72. The van der Waals surface area contributed by atoms with Crippen LogP contribution in [0.5, 0.6) is 0 Å². The Bertz CT molecular complexity index is 758. The summed E-state index contributed by atoms with van der Waals surface area (Å²) in [6, 6.07) is 1.08. The predicted molar refractivity (Wildman–Crippen MR) is 89.6 cm³/mol. The molecule has 128 valence electrons. The first-order chi connectivity index (χ1) is 11.2. The van der Waals surface area contributed by atoms with Crippen molar-refractivity contribution in [2.75, 3.05) is 5.32 Å². The summed E-state index contributed by atoms with van der Waals surface area (Å²) < 4.78 is 38.8. The standard InChI is InChI=1S/C19H21F3N2/c1-5-13-7-6-11(2)8-14(13)18(4)12(3)24-16-9-17(19(20,21)22)23-10-15(16)18/h7-11,24H,3,5-6H2,1-2,4H3. The van der Waals surface area contributed by atoms with Crippen LogP contribution in [0.2, 0.25) is 0 Å². The Morgan fingerprint density at radius 1 is 1.42 bits per heavy atom. The van der Waals surface area contributed by atoms with Crippen LogP contribution in [-0.4, -0.2) is 4.98 Å². The smallest absolute Gasteiger partial charge is 0.358 e. The molecule has 5 heteroatoms. The molecule has 1 aromatic heterocycles. The summed E-state index contributed by atoms with van der Waals surface area (Å²) in [7, 11) is 0. The molecule has 1 aliphatic carbocycles. The van der Waals surface area contributed by atoms with Crippen LogP contribution in [0.3, 0.4) is 0 Å². The zero-order valence-corrected chi connectivity index (χ0v) is 14.1. The molecule has 0 spiro atoms. The molecule has 2 nitrogen and oxygen atoms in total. The lowest BCUT2D eigenvalue weighted by atomic mass is 9.69. The van der Waals surface area contributed by atoms with Gasteiger partial charge in [-0.05, 0) is 42.9 Å². The maximum Gasteiger partial charge on any atom is 0.433 e. The minimum Gasteiger partial charge on any atom is -0.358 e. The number of aromatic nitrogens is 1. The first-order valence-electron chi connectivity index (χ1n) is 8.13. The quantitative estimate of drug-likeness (QED) is 0.761. The molecule has 24 heavy (non-hydrogen) atoms. The summed E-state index contributed by atoms with van der Waals surface area (Å²) >= 11 is 0. The van der Waals surface area contributed by atoms with Crippen molar-refractivity contribution in [1.82, 2.24) is 4.98 Å². The van der Waals surface area contributed by atoms with Gasteiger partial charge in [0, 0.05) is 23.1 Å². The molecule has 0 amide bonds. The molecule has 1 N–H and O–H groups in total. The van der Waals surface area contributed by atoms with E-state index in [0.29, 0.717) is 17.3 Å². The molecule has 0 aromatic carbocycles. The fourth-order valence-electron chi connectivity index (χ4n) is 3.59. The van der Waals surface area contributed by atoms with E-state index in [1.807, 2.05) is 6.92 Å². The Labute approximate surface area is 140 Å². The van der Waals surface area contributed by atoms with Gasteiger partial charge in [-0.2, -0.15) is 13.2 Å². The summed E-state index contributed by atoms with van der Waals surface area (Å²) in [6.45, 7) is 10.3. The summed E-state index contributed by atoms with van der Waals surface area (Å²) in [5, 5.41) is 3.05. The van der Waals surface area contributed by atoms with Gasteiger partial charge in [-0.25, -0.2) is 0 Å². The Hall–Kier alpha value is -2.04. The average molecular weight is 334 g/mol. The van der Waals surface area contributed by atoms with Crippen molar-refractivity contribution in [1.29, 1.82) is 0 Å². The van der Waals surface area contributed by atoms with Crippen LogP contribution in [0, 0.1) is 5.92 Å². The number of fused-ring (bicyclic) bond motifs is 1. The third-order valence-corrected chi connectivity index (χ3v) is 5.07. The molecule has 2 heterocycles. The van der Waals surface area contributed by atoms with Gasteiger partial charge in [0.25, 0.3) is 0 Å². The number of pyridine rings is 1. The van der Waals surface area contributed by atoms with Crippen molar-refractivity contribution in [3.8, 4) is 0 Å². The second kappa shape index (κ2) is 5.50. The Balaban J connectivity index is 2.14. The monoisotopic (exact) mass is 334 g/mol. The van der Waals surface area contributed by atoms with Gasteiger partial charge in [-0.1, -0.05) is 32.6 Å². The average Bonchev–Trinajstić information content (AvgIpc) is 2.78. The zero-order valence-electron chi connectivity index (χ0n) is 14.1. The minimum absolute atomic E-state index is 0.395. The van der Waals surface area contributed by atoms with Gasteiger partial charge in [0.2, 0.25) is 0 Å². The summed E-state index contributed by atoms with van der Waals surface area (Å²) in [4.78, 5) is 3.66. The van der Waals surface area contributed by atoms with E-state index < -0.39 is 17.3 Å². The number of hydrogen-bond donors (Lipinski definition) is 1. The lowest BCUT2D eigenvalue weighted by Crippen LogP contribution is -2.27. The van der Waals surface area contributed by atoms with E-state index in [1.54, 1.807) is 0 Å². The molecule has 0 bridgehead atoms. The van der Waals surface area contributed by atoms with Crippen LogP contribution < -0.4 is 5.32 Å². The number of nitrogens with zero attached hydrogens (tertiary/aromatic N) is 1. The fraction of sp³-hybridized carbons (Fsp3) is 0.421. The third-order valence-electron chi connectivity index (χ3n) is 5.07. The Morgan fingerprint density at radius 3 is 2.75 bits per heavy atom. The molecule has 2 aliphatic rings. The highest BCUT2D eigenvalue weighted by atomic mass is 19.4. The highest BCUT2D eigenvalue weighted by Crippen LogP contribution is 2.51. The Morgan fingerprint density at radius 2 is 2.12 bits per heavy atom. The summed E-state index contributed by atoms with van der Waals surface area (Å²) in [5.41, 5.74) is 2.79. The first-order valence-corrected chi connectivity index (χ1v) is 8.13. The molecule has 2 unspecified atom stereocenters. The predicted octanol–water partition coefficient (Wildman–Crippen LogP) is 5.60. The molecule has 0 saturated heterocycles. The number of nitrogens with one attached hydrogen (secondary N) is 1. The van der Waals surface area contributed by atoms with Gasteiger partial charge in [0.05, 0.1) is 5.41 Å². The lowest BCUT2D eigenvalue weighted by molar-refractivity contribution is -0.141. The zero-order chi connectivity index (χ0) is 17.7. The van der Waals surface area contributed by atoms with Crippen molar-refractivity contribution in [2.45, 2.75) is 45.2 Å². The maximum absolute atomic E-state index is 12.9. The highest BCUT2D eigenvalue weighted by Gasteiger charge is 2.44. The maximum atomic E-state index is 12.9. The van der Waals surface area contributed by atoms with Crippen molar-refractivity contribution < 1.29 is 13.2 Å². The molecule has 3 rings (SSSR count). The van der Waals surface area contributed by atoms with Crippen molar-refractivity contribution in [3.63, 3.8) is 0 Å². The van der Waals surface area contributed by atoms with Gasteiger partial charge in [-0.3, -0.25) is 4.98 Å². The van der Waals surface area contributed by atoms with E-state index in [2.05, 4.69) is 42.9 Å². The van der Waals surface area contributed by atoms with Crippen molar-refractivity contribution in [3.05, 3.63) is 59.1 Å². The lowest BCUT2D eigenvalue weighted by Gasteiger charge is -2.33. The number of anilines is 1. The molecule has 0 saturated carbocycles. The van der Waals surface area contributed by atoms with E-state index >= 15 is 0 Å². The topological polar surface area (TPSA) is 24.9 Å². The second-order valence-corrected chi connectivity index (χ2v) is 6.72. The number of allylic oxidation sites excluding steroid dienone is 4. The van der Waals surface area contributed by atoms with Gasteiger partial charge in [-0.15, -0.1) is 0 Å². The van der Waals surface area contributed by atoms with Crippen LogP contribution in [0.25, 0.3) is 0 Å². The van der Waals surface area contributed by atoms with Crippen LogP contribution >= 0.6 is 0 Å². The summed E-state index contributed by atoms with van der Waals surface area (Å²) in [6.07, 6.45) is 3.21. The minimum atomic E-state index is -4.45. The number of halogens is 3. The molecule has 0 fully saturated rings. The van der Waals surface area contributed by atoms with E-state index in [1.165, 1.54) is 11.8 Å². The van der Waals surface area contributed by atoms with Gasteiger partial charge in [0.15, 0.2) is 0 Å². The van der Waals surface area contributed by atoms with Crippen LogP contribution in [-0.2, 0) is 11.6 Å². The number of alkyl halides is 3. The third kappa shape index (κ3) is 2.46. The van der Waals surface area contributed by atoms with Gasteiger partial charge < -0.3 is 5.32 Å². The Kier molecular flexibility index (Phi) is 3.85. The molecular formula is C19H21F3N2. The first kappa shape index (κ1) is 16.8. The molecule has 2 atom stereocenters. The van der Waals surface area contributed by atoms with Crippen LogP contribution in [0.4, 0.5) is 18.9 Å². The van der Waals surface area contributed by atoms with E-state index in [0.717, 1.165) is 30.0 Å². The SMILES string of the molecule is C=C1Nc2cc(C(F)(F)F)ncc2C1(C)C1=CC(C)CC=C1CC. The van der Waals surface area contributed by atoms with Gasteiger partial charge >= 0.3 is 6.18 Å². The van der Waals surface area contributed by atoms with E-state index in [-0.39, 0.29) is 0 Å². The number of rotatable bonds is 2. The molecule has 1 aromatic rings. The van der Waals surface area contributed by atoms with E-state index in [9.17, 15) is 13.2 Å². The molecule has 0 radical (unpaired) electrons. The van der Waals surface area contributed by atoms with E-state index in [4.69, 9.17) is 0 Å². The van der Waals surface area contributed by atoms with Crippen molar-refractivity contribution >= 4 is 5.69 Å². The highest BCUT2D eigenvalue weighted by molar-refractivity contribution is 5.73. The molecular weight excluding hydrogens is 313 g/mol.